The summed E-state index contributed by atoms with van der Waals surface area (Å²) in [7, 11) is 1.51. The molecule has 0 fully saturated rings. The molecule has 0 spiro atoms. The Bertz CT molecular complexity index is 1130. The molecule has 1 aromatic heterocycles. The van der Waals surface area contributed by atoms with Crippen LogP contribution in [0.4, 0.5) is 4.39 Å². The summed E-state index contributed by atoms with van der Waals surface area (Å²) in [6.07, 6.45) is 0.669. The van der Waals surface area contributed by atoms with E-state index in [1.165, 1.54) is 25.3 Å². The highest BCUT2D eigenvalue weighted by molar-refractivity contribution is 5.99. The SMILES string of the molecule is COc1cc(CCCC(O)CO)c2[nH]c(=O)c(C#N)c(-c3cccc(F)c3)c2c1. The van der Waals surface area contributed by atoms with Gasteiger partial charge in [0.15, 0.2) is 0 Å². The highest BCUT2D eigenvalue weighted by atomic mass is 19.1. The van der Waals surface area contributed by atoms with E-state index in [-0.39, 0.29) is 12.2 Å². The van der Waals surface area contributed by atoms with Crippen molar-refractivity contribution < 1.29 is 19.3 Å². The molecule has 2 aromatic carbocycles. The Morgan fingerprint density at radius 2 is 2.10 bits per heavy atom. The third-order valence-corrected chi connectivity index (χ3v) is 4.83. The summed E-state index contributed by atoms with van der Waals surface area (Å²) in [6, 6.07) is 11.2. The average molecular weight is 396 g/mol. The van der Waals surface area contributed by atoms with Crippen molar-refractivity contribution in [2.24, 2.45) is 0 Å². The molecule has 0 amide bonds. The number of benzene rings is 2. The van der Waals surface area contributed by atoms with Gasteiger partial charge in [-0.1, -0.05) is 12.1 Å². The van der Waals surface area contributed by atoms with Gasteiger partial charge < -0.3 is 19.9 Å². The quantitative estimate of drug-likeness (QED) is 0.569. The van der Waals surface area contributed by atoms with E-state index in [2.05, 4.69) is 4.98 Å². The summed E-state index contributed by atoms with van der Waals surface area (Å²) < 4.78 is 19.2. The molecule has 29 heavy (non-hydrogen) atoms. The number of pyridine rings is 1. The molecule has 0 bridgehead atoms. The van der Waals surface area contributed by atoms with Crippen LogP contribution in [0.25, 0.3) is 22.0 Å². The minimum Gasteiger partial charge on any atom is -0.497 e. The van der Waals surface area contributed by atoms with Gasteiger partial charge in [0.25, 0.3) is 5.56 Å². The molecule has 0 aliphatic heterocycles. The van der Waals surface area contributed by atoms with E-state index in [1.54, 1.807) is 18.2 Å². The van der Waals surface area contributed by atoms with Crippen molar-refractivity contribution in [1.82, 2.24) is 4.98 Å². The van der Waals surface area contributed by atoms with E-state index in [4.69, 9.17) is 9.84 Å². The third-order valence-electron chi connectivity index (χ3n) is 4.83. The Kier molecular flexibility index (Phi) is 6.27. The summed E-state index contributed by atoms with van der Waals surface area (Å²) in [5, 5.41) is 28.7. The number of aliphatic hydroxyl groups excluding tert-OH is 2. The number of aromatic nitrogens is 1. The Balaban J connectivity index is 2.25. The van der Waals surface area contributed by atoms with Gasteiger partial charge in [-0.25, -0.2) is 4.39 Å². The van der Waals surface area contributed by atoms with Crippen molar-refractivity contribution in [3.05, 3.63) is 63.7 Å². The Hall–Kier alpha value is -3.21. The van der Waals surface area contributed by atoms with Crippen LogP contribution in [0.5, 0.6) is 5.75 Å². The van der Waals surface area contributed by atoms with Crippen molar-refractivity contribution in [2.75, 3.05) is 13.7 Å². The number of methoxy groups -OCH3 is 1. The Morgan fingerprint density at radius 1 is 1.31 bits per heavy atom. The Labute approximate surface area is 166 Å². The summed E-state index contributed by atoms with van der Waals surface area (Å²) in [5.74, 6) is 0.0599. The van der Waals surface area contributed by atoms with E-state index in [0.717, 1.165) is 5.56 Å². The zero-order valence-corrected chi connectivity index (χ0v) is 15.9. The maximum Gasteiger partial charge on any atom is 0.267 e. The minimum absolute atomic E-state index is 0.0991. The van der Waals surface area contributed by atoms with Crippen molar-refractivity contribution in [1.29, 1.82) is 5.26 Å². The average Bonchev–Trinajstić information content (AvgIpc) is 2.72. The first-order chi connectivity index (χ1) is 14.0. The predicted molar refractivity (Wildman–Crippen MR) is 107 cm³/mol. The number of nitrogens with zero attached hydrogens (tertiary/aromatic N) is 1. The molecule has 6 nitrogen and oxygen atoms in total. The fraction of sp³-hybridized carbons (Fsp3) is 0.273. The fourth-order valence-corrected chi connectivity index (χ4v) is 3.43. The van der Waals surface area contributed by atoms with Gasteiger partial charge in [-0.3, -0.25) is 4.79 Å². The van der Waals surface area contributed by atoms with Crippen LogP contribution < -0.4 is 10.3 Å². The number of aryl methyl sites for hydroxylation is 1. The van der Waals surface area contributed by atoms with Gasteiger partial charge in [-0.15, -0.1) is 0 Å². The van der Waals surface area contributed by atoms with Crippen LogP contribution >= 0.6 is 0 Å². The smallest absolute Gasteiger partial charge is 0.267 e. The normalized spacial score (nSPS) is 12.0. The molecule has 0 aliphatic carbocycles. The van der Waals surface area contributed by atoms with Crippen molar-refractivity contribution in [2.45, 2.75) is 25.4 Å². The minimum atomic E-state index is -0.807. The number of ether oxygens (including phenoxy) is 1. The fourth-order valence-electron chi connectivity index (χ4n) is 3.43. The van der Waals surface area contributed by atoms with E-state index < -0.39 is 17.5 Å². The lowest BCUT2D eigenvalue weighted by molar-refractivity contribution is 0.0867. The zero-order chi connectivity index (χ0) is 21.0. The first kappa shape index (κ1) is 20.5. The summed E-state index contributed by atoms with van der Waals surface area (Å²) in [5.41, 5.74) is 1.42. The molecule has 0 saturated heterocycles. The third kappa shape index (κ3) is 4.29. The number of rotatable bonds is 7. The van der Waals surface area contributed by atoms with E-state index in [1.807, 2.05) is 6.07 Å². The molecule has 0 saturated carbocycles. The molecule has 1 heterocycles. The molecule has 150 valence electrons. The van der Waals surface area contributed by atoms with Crippen molar-refractivity contribution >= 4 is 10.9 Å². The second kappa shape index (κ2) is 8.86. The molecule has 7 heteroatoms. The Morgan fingerprint density at radius 3 is 2.76 bits per heavy atom. The van der Waals surface area contributed by atoms with Crippen molar-refractivity contribution in [3.8, 4) is 22.9 Å². The van der Waals surface area contributed by atoms with E-state index in [0.29, 0.717) is 47.0 Å². The summed E-state index contributed by atoms with van der Waals surface area (Å²) in [6.45, 7) is -0.315. The van der Waals surface area contributed by atoms with Crippen LogP contribution in [0.2, 0.25) is 0 Å². The number of H-pyrrole nitrogens is 1. The highest BCUT2D eigenvalue weighted by Gasteiger charge is 2.18. The number of hydrogen-bond donors (Lipinski definition) is 3. The molecule has 0 aliphatic rings. The highest BCUT2D eigenvalue weighted by Crippen LogP contribution is 2.34. The number of aromatic amines is 1. The van der Waals surface area contributed by atoms with Crippen LogP contribution in [0.15, 0.2) is 41.2 Å². The maximum atomic E-state index is 13.9. The number of aliphatic hydroxyl groups is 2. The first-order valence-electron chi connectivity index (χ1n) is 9.20. The van der Waals surface area contributed by atoms with Gasteiger partial charge in [0, 0.05) is 10.9 Å². The zero-order valence-electron chi connectivity index (χ0n) is 15.9. The molecule has 1 unspecified atom stereocenters. The van der Waals surface area contributed by atoms with Crippen LogP contribution in [0, 0.1) is 17.1 Å². The van der Waals surface area contributed by atoms with E-state index >= 15 is 0 Å². The molecular weight excluding hydrogens is 375 g/mol. The van der Waals surface area contributed by atoms with Crippen LogP contribution in [-0.4, -0.2) is 35.0 Å². The molecule has 0 radical (unpaired) electrons. The molecule has 1 atom stereocenters. The molecule has 3 N–H and O–H groups in total. The number of halogens is 1. The van der Waals surface area contributed by atoms with Gasteiger partial charge in [0.1, 0.15) is 23.2 Å². The molecular formula is C22H21FN2O4. The van der Waals surface area contributed by atoms with Crippen LogP contribution in [-0.2, 0) is 6.42 Å². The predicted octanol–water partition coefficient (Wildman–Crippen LogP) is 2.89. The lowest BCUT2D eigenvalue weighted by atomic mass is 9.93. The number of hydrogen-bond acceptors (Lipinski definition) is 5. The largest absolute Gasteiger partial charge is 0.497 e. The number of nitriles is 1. The maximum absolute atomic E-state index is 13.9. The monoisotopic (exact) mass is 396 g/mol. The summed E-state index contributed by atoms with van der Waals surface area (Å²) in [4.78, 5) is 15.4. The number of nitrogens with one attached hydrogen (secondary N) is 1. The van der Waals surface area contributed by atoms with Crippen LogP contribution in [0.1, 0.15) is 24.0 Å². The summed E-state index contributed by atoms with van der Waals surface area (Å²) >= 11 is 0. The molecule has 3 rings (SSSR count). The standard InChI is InChI=1S/C22H21FN2O4/c1-29-17-9-14(5-3-7-16(27)12-26)21-18(10-17)20(19(11-24)22(28)25-21)13-4-2-6-15(23)8-13/h2,4,6,8-10,16,26-27H,3,5,7,12H2,1H3,(H,25,28). The number of fused-ring (bicyclic) bond motifs is 1. The topological polar surface area (TPSA) is 106 Å². The second-order valence-electron chi connectivity index (χ2n) is 6.76. The van der Waals surface area contributed by atoms with Crippen LogP contribution in [0.3, 0.4) is 0 Å². The van der Waals surface area contributed by atoms with Crippen molar-refractivity contribution in [3.63, 3.8) is 0 Å². The lowest BCUT2D eigenvalue weighted by Crippen LogP contribution is -2.14. The first-order valence-corrected chi connectivity index (χ1v) is 9.20. The van der Waals surface area contributed by atoms with Gasteiger partial charge in [-0.2, -0.15) is 5.26 Å². The van der Waals surface area contributed by atoms with Gasteiger partial charge >= 0.3 is 0 Å². The van der Waals surface area contributed by atoms with Gasteiger partial charge in [0.05, 0.1) is 25.3 Å². The molecule has 3 aromatic rings. The van der Waals surface area contributed by atoms with Gasteiger partial charge in [0.2, 0.25) is 0 Å². The second-order valence-corrected chi connectivity index (χ2v) is 6.76. The van der Waals surface area contributed by atoms with E-state index in [9.17, 15) is 19.6 Å². The van der Waals surface area contributed by atoms with Gasteiger partial charge in [-0.05, 0) is 54.7 Å². The lowest BCUT2D eigenvalue weighted by Gasteiger charge is -2.15.